The van der Waals surface area contributed by atoms with Crippen molar-refractivity contribution in [2.24, 2.45) is 0 Å². The molecule has 0 rings (SSSR count). The molecule has 2 N–H and O–H groups in total. The molecule has 0 amide bonds. The van der Waals surface area contributed by atoms with E-state index in [0.29, 0.717) is 18.3 Å². The van der Waals surface area contributed by atoms with Crippen molar-refractivity contribution in [1.29, 1.82) is 0 Å². The second-order valence-corrected chi connectivity index (χ2v) is 11.7. The summed E-state index contributed by atoms with van der Waals surface area (Å²) in [5.74, 6) is -0.490. The Morgan fingerprint density at radius 1 is 0.829 bits per heavy atom. The fraction of sp³-hybridized carbons (Fsp3) is 0.963. The van der Waals surface area contributed by atoms with E-state index in [-0.39, 0.29) is 12.7 Å². The first-order valence-electron chi connectivity index (χ1n) is 14.1. The summed E-state index contributed by atoms with van der Waals surface area (Å²) in [6, 6.07) is 0. The Balaban J connectivity index is 4.17. The second kappa shape index (κ2) is 24.2. The molecule has 0 aromatic rings. The highest BCUT2D eigenvalue weighted by Gasteiger charge is 2.38. The molecule has 0 aromatic carbocycles. The fourth-order valence-corrected chi connectivity index (χ4v) is 5.58. The molecule has 0 aromatic heterocycles. The lowest BCUT2D eigenvalue weighted by Crippen LogP contribution is -2.36. The third kappa shape index (κ3) is 19.6. The molecule has 0 saturated heterocycles. The minimum Gasteiger partial charge on any atom is -0.477 e. The molecule has 6 nitrogen and oxygen atoms in total. The van der Waals surface area contributed by atoms with Gasteiger partial charge in [-0.25, -0.2) is 4.79 Å². The molecule has 3 unspecified atom stereocenters. The maximum absolute atomic E-state index is 10.9. The zero-order valence-corrected chi connectivity index (χ0v) is 24.4. The van der Waals surface area contributed by atoms with Gasteiger partial charge in [0.2, 0.25) is 8.46 Å². The third-order valence-corrected chi connectivity index (χ3v) is 8.46. The first kappa shape index (κ1) is 34.8. The highest BCUT2D eigenvalue weighted by atomic mass is 32.2. The van der Waals surface area contributed by atoms with Crippen LogP contribution in [0.25, 0.3) is 0 Å². The van der Waals surface area contributed by atoms with Crippen LogP contribution in [0.2, 0.25) is 0 Å². The molecule has 35 heavy (non-hydrogen) atoms. The number of carbonyl (C=O) groups is 1. The molecular formula is C27H53O6PS. The summed E-state index contributed by atoms with van der Waals surface area (Å²) >= 11 is 2.03. The number of carboxylic acids is 1. The molecule has 0 saturated carbocycles. The van der Waals surface area contributed by atoms with Crippen LogP contribution in [-0.2, 0) is 18.8 Å². The van der Waals surface area contributed by atoms with Crippen molar-refractivity contribution < 1.29 is 29.0 Å². The van der Waals surface area contributed by atoms with Gasteiger partial charge in [-0.3, -0.25) is 4.57 Å². The third-order valence-electron chi connectivity index (χ3n) is 6.32. The standard InChI is InChI=1S/C27H53O6PS/c1-4-6-8-10-11-12-13-14-16-18-23-35-25(20-17-15-9-7-5-2)24(3)32-21-19-22-33-27(30,34-31)26(28)29/h24-25,30H,4-23H2,1-3H3,(H,28,29). The smallest absolute Gasteiger partial charge is 0.377 e. The van der Waals surface area contributed by atoms with Crippen LogP contribution in [-0.4, -0.2) is 52.0 Å². The number of aliphatic carboxylic acids is 1. The van der Waals surface area contributed by atoms with Gasteiger partial charge in [-0.1, -0.05) is 104 Å². The lowest BCUT2D eigenvalue weighted by atomic mass is 10.1. The van der Waals surface area contributed by atoms with Crippen LogP contribution < -0.4 is 0 Å². The molecule has 0 aliphatic heterocycles. The highest BCUT2D eigenvalue weighted by Crippen LogP contribution is 2.26. The molecule has 0 spiro atoms. The van der Waals surface area contributed by atoms with Gasteiger partial charge in [0, 0.05) is 11.9 Å². The van der Waals surface area contributed by atoms with E-state index in [2.05, 4.69) is 20.8 Å². The summed E-state index contributed by atoms with van der Waals surface area (Å²) in [5.41, 5.74) is -2.67. The Morgan fingerprint density at radius 3 is 1.86 bits per heavy atom. The summed E-state index contributed by atoms with van der Waals surface area (Å²) in [4.78, 5) is 10.9. The summed E-state index contributed by atoms with van der Waals surface area (Å²) in [6.45, 7) is 7.00. The van der Waals surface area contributed by atoms with E-state index in [1.165, 1.54) is 102 Å². The van der Waals surface area contributed by atoms with Crippen molar-refractivity contribution in [2.75, 3.05) is 19.0 Å². The maximum Gasteiger partial charge on any atom is 0.377 e. The number of thioether (sulfide) groups is 1. The normalized spacial score (nSPS) is 15.2. The topological polar surface area (TPSA) is 93.1 Å². The van der Waals surface area contributed by atoms with Crippen molar-refractivity contribution in [2.45, 2.75) is 147 Å². The lowest BCUT2D eigenvalue weighted by molar-refractivity contribution is -0.190. The molecular weight excluding hydrogens is 483 g/mol. The van der Waals surface area contributed by atoms with Crippen molar-refractivity contribution in [3.05, 3.63) is 0 Å². The van der Waals surface area contributed by atoms with Crippen LogP contribution in [0, 0.1) is 0 Å². The van der Waals surface area contributed by atoms with E-state index in [1.807, 2.05) is 11.8 Å². The monoisotopic (exact) mass is 536 g/mol. The first-order valence-corrected chi connectivity index (χ1v) is 15.9. The van der Waals surface area contributed by atoms with Gasteiger partial charge in [0.05, 0.1) is 12.7 Å². The number of carboxylic acid groups (broad SMARTS) is 1. The molecule has 8 heteroatoms. The average molecular weight is 537 g/mol. The number of aliphatic hydroxyl groups is 1. The van der Waals surface area contributed by atoms with Crippen LogP contribution in [0.1, 0.15) is 130 Å². The summed E-state index contributed by atoms with van der Waals surface area (Å²) < 4.78 is 21.8. The minimum atomic E-state index is -2.67. The maximum atomic E-state index is 10.9. The average Bonchev–Trinajstić information content (AvgIpc) is 2.85. The van der Waals surface area contributed by atoms with Crippen molar-refractivity contribution >= 4 is 26.2 Å². The number of rotatable bonds is 27. The molecule has 0 bridgehead atoms. The largest absolute Gasteiger partial charge is 0.477 e. The molecule has 0 aliphatic rings. The minimum absolute atomic E-state index is 0.0296. The number of hydrogen-bond acceptors (Lipinski definition) is 6. The highest BCUT2D eigenvalue weighted by molar-refractivity contribution is 7.99. The van der Waals surface area contributed by atoms with Crippen LogP contribution >= 0.6 is 20.2 Å². The molecule has 3 atom stereocenters. The van der Waals surface area contributed by atoms with Gasteiger partial charge in [0.25, 0.3) is 0 Å². The lowest BCUT2D eigenvalue weighted by Gasteiger charge is -2.24. The summed E-state index contributed by atoms with van der Waals surface area (Å²) in [6.07, 6.45) is 21.5. The summed E-state index contributed by atoms with van der Waals surface area (Å²) in [5, 5.41) is 18.9. The molecule has 0 fully saturated rings. The van der Waals surface area contributed by atoms with Gasteiger partial charge in [-0.05, 0) is 31.9 Å². The van der Waals surface area contributed by atoms with E-state index in [9.17, 15) is 14.5 Å². The molecule has 208 valence electrons. The van der Waals surface area contributed by atoms with E-state index in [1.54, 1.807) is 0 Å². The van der Waals surface area contributed by atoms with Gasteiger partial charge in [-0.2, -0.15) is 11.8 Å². The van der Waals surface area contributed by atoms with Gasteiger partial charge < -0.3 is 19.7 Å². The van der Waals surface area contributed by atoms with Gasteiger partial charge in [-0.15, -0.1) is 0 Å². The van der Waals surface area contributed by atoms with Gasteiger partial charge in [0.15, 0.2) is 0 Å². The Hall–Kier alpha value is -0.200. The van der Waals surface area contributed by atoms with Gasteiger partial charge in [0.1, 0.15) is 0 Å². The fourth-order valence-electron chi connectivity index (χ4n) is 4.00. The Kier molecular flexibility index (Phi) is 24.0. The van der Waals surface area contributed by atoms with Crippen molar-refractivity contribution in [1.82, 2.24) is 0 Å². The molecule has 0 radical (unpaired) electrons. The van der Waals surface area contributed by atoms with E-state index >= 15 is 0 Å². The zero-order valence-electron chi connectivity index (χ0n) is 22.7. The quantitative estimate of drug-likeness (QED) is 0.0621. The Bertz CT molecular complexity index is 510. The zero-order chi connectivity index (χ0) is 26.2. The first-order chi connectivity index (χ1) is 16.9. The second-order valence-electron chi connectivity index (χ2n) is 9.58. The number of hydrogen-bond donors (Lipinski definition) is 2. The van der Waals surface area contributed by atoms with E-state index in [4.69, 9.17) is 14.6 Å². The van der Waals surface area contributed by atoms with Crippen LogP contribution in [0.3, 0.4) is 0 Å². The predicted octanol–water partition coefficient (Wildman–Crippen LogP) is 8.20. The number of unbranched alkanes of at least 4 members (excludes halogenated alkanes) is 13. The van der Waals surface area contributed by atoms with Crippen molar-refractivity contribution in [3.8, 4) is 0 Å². The summed E-state index contributed by atoms with van der Waals surface area (Å²) in [7, 11) is -0.976. The van der Waals surface area contributed by atoms with Crippen LogP contribution in [0.15, 0.2) is 0 Å². The van der Waals surface area contributed by atoms with Gasteiger partial charge >= 0.3 is 11.5 Å². The molecule has 0 heterocycles. The Labute approximate surface area is 220 Å². The van der Waals surface area contributed by atoms with Crippen molar-refractivity contribution in [3.63, 3.8) is 0 Å². The predicted molar refractivity (Wildman–Crippen MR) is 148 cm³/mol. The van der Waals surface area contributed by atoms with Crippen LogP contribution in [0.4, 0.5) is 0 Å². The van der Waals surface area contributed by atoms with E-state index < -0.39 is 20.0 Å². The number of ether oxygens (including phenoxy) is 2. The van der Waals surface area contributed by atoms with Crippen LogP contribution in [0.5, 0.6) is 0 Å². The molecule has 0 aliphatic carbocycles. The Morgan fingerprint density at radius 2 is 1.34 bits per heavy atom. The SMILES string of the molecule is CCCCCCCCCCCCSC(CCCCCCC)C(C)OCCCOC(O)(P=O)C(=O)O. The van der Waals surface area contributed by atoms with E-state index in [0.717, 1.165) is 6.42 Å².